The molecule has 0 saturated heterocycles. The monoisotopic (exact) mass is 453 g/mol. The van der Waals surface area contributed by atoms with Crippen LogP contribution in [0.5, 0.6) is 5.75 Å². The van der Waals surface area contributed by atoms with Crippen molar-refractivity contribution in [2.24, 2.45) is 5.92 Å². The van der Waals surface area contributed by atoms with Crippen LogP contribution < -0.4 is 15.5 Å². The Balaban J connectivity index is 1.47. The number of anilines is 1. The number of aromatic nitrogens is 2. The van der Waals surface area contributed by atoms with Gasteiger partial charge in [-0.3, -0.25) is 9.59 Å². The summed E-state index contributed by atoms with van der Waals surface area (Å²) in [5.74, 6) is -2.75. The third kappa shape index (κ3) is 4.73. The highest BCUT2D eigenvalue weighted by Gasteiger charge is 2.45. The Hall–Kier alpha value is -3.44. The first-order chi connectivity index (χ1) is 15.2. The van der Waals surface area contributed by atoms with Crippen LogP contribution in [0.1, 0.15) is 23.2 Å². The normalized spacial score (nSPS) is 18.2. The summed E-state index contributed by atoms with van der Waals surface area (Å²) >= 11 is 0. The maximum Gasteiger partial charge on any atom is 0.487 e. The van der Waals surface area contributed by atoms with Crippen molar-refractivity contribution >= 4 is 17.8 Å². The van der Waals surface area contributed by atoms with E-state index in [-0.39, 0.29) is 23.5 Å². The van der Waals surface area contributed by atoms with Gasteiger partial charge in [-0.15, -0.1) is 13.2 Å². The molecule has 172 valence electrons. The molecule has 2 aliphatic heterocycles. The van der Waals surface area contributed by atoms with Crippen LogP contribution in [-0.2, 0) is 29.0 Å². The third-order valence-electron chi connectivity index (χ3n) is 5.39. The number of aliphatic carboxylic acids is 1. The minimum Gasteiger partial charge on any atom is -0.493 e. The largest absolute Gasteiger partial charge is 0.493 e. The van der Waals surface area contributed by atoms with Gasteiger partial charge in [-0.25, -0.2) is 14.6 Å². The van der Waals surface area contributed by atoms with Gasteiger partial charge in [0.2, 0.25) is 11.9 Å². The van der Waals surface area contributed by atoms with E-state index in [0.717, 1.165) is 18.8 Å². The molecule has 0 saturated carbocycles. The molecular weight excluding hydrogens is 431 g/mol. The van der Waals surface area contributed by atoms with Crippen LogP contribution in [0.3, 0.4) is 0 Å². The van der Waals surface area contributed by atoms with Gasteiger partial charge in [-0.05, 0) is 29.7 Å². The summed E-state index contributed by atoms with van der Waals surface area (Å²) in [4.78, 5) is 27.7. The first kappa shape index (κ1) is 21.8. The number of carbonyl (C=O) groups is 2. The lowest BCUT2D eigenvalue weighted by atomic mass is 9.94. The minimum absolute atomic E-state index is 0.0759. The molecule has 0 fully saturated rings. The predicted octanol–water partition coefficient (Wildman–Crippen LogP) is 1.97. The molecule has 2 aliphatic rings. The molecule has 12 heteroatoms. The Bertz CT molecular complexity index is 1000. The zero-order valence-corrected chi connectivity index (χ0v) is 17.0. The number of amides is 1. The average molecular weight is 453 g/mol. The zero-order valence-electron chi connectivity index (χ0n) is 17.0. The number of benzene rings is 1. The first-order valence-corrected chi connectivity index (χ1v) is 10.1. The van der Waals surface area contributed by atoms with E-state index in [0.29, 0.717) is 23.7 Å². The van der Waals surface area contributed by atoms with E-state index >= 15 is 0 Å². The Morgan fingerprint density at radius 2 is 2.09 bits per heavy atom. The van der Waals surface area contributed by atoms with Crippen LogP contribution in [0.2, 0.25) is 0 Å². The Morgan fingerprint density at radius 1 is 1.28 bits per heavy atom. The molecule has 1 aromatic carbocycles. The van der Waals surface area contributed by atoms with Gasteiger partial charge in [0.15, 0.2) is 0 Å². The van der Waals surface area contributed by atoms with Gasteiger partial charge in [0.05, 0.1) is 37.4 Å². The molecule has 0 spiro atoms. The third-order valence-corrected chi connectivity index (χ3v) is 5.39. The van der Waals surface area contributed by atoms with Crippen molar-refractivity contribution in [2.75, 3.05) is 30.4 Å². The van der Waals surface area contributed by atoms with Gasteiger partial charge in [0.25, 0.3) is 0 Å². The average Bonchev–Trinajstić information content (AvgIpc) is 3.08. The van der Waals surface area contributed by atoms with Crippen LogP contribution in [0.25, 0.3) is 0 Å². The van der Waals surface area contributed by atoms with E-state index in [2.05, 4.69) is 15.7 Å². The summed E-state index contributed by atoms with van der Waals surface area (Å²) < 4.78 is 47.9. The van der Waals surface area contributed by atoms with E-state index in [4.69, 9.17) is 9.84 Å². The molecule has 1 atom stereocenters. The van der Waals surface area contributed by atoms with Crippen molar-refractivity contribution < 1.29 is 32.6 Å². The first-order valence-electron chi connectivity index (χ1n) is 10.1. The fraction of sp³-hybridized carbons (Fsp3) is 0.450. The van der Waals surface area contributed by atoms with Crippen molar-refractivity contribution in [3.63, 3.8) is 0 Å². The lowest BCUT2D eigenvalue weighted by Crippen LogP contribution is -2.44. The summed E-state index contributed by atoms with van der Waals surface area (Å²) in [6.45, 7) is 1.13. The maximum atomic E-state index is 13.5. The van der Waals surface area contributed by atoms with Crippen molar-refractivity contribution in [2.45, 2.75) is 32.1 Å². The summed E-state index contributed by atoms with van der Waals surface area (Å²) in [5.41, 5.74) is 4.74. The summed E-state index contributed by atoms with van der Waals surface area (Å²) in [6.07, 6.45) is -3.31. The number of hydrogen-bond donors (Lipinski definition) is 3. The molecule has 9 nitrogen and oxygen atoms in total. The molecule has 3 N–H and O–H groups in total. The second kappa shape index (κ2) is 8.60. The number of carboxylic acids is 1. The van der Waals surface area contributed by atoms with E-state index in [1.54, 1.807) is 16.8 Å². The highest BCUT2D eigenvalue weighted by atomic mass is 19.4. The maximum absolute atomic E-state index is 13.5. The van der Waals surface area contributed by atoms with Crippen LogP contribution in [0.4, 0.5) is 19.1 Å². The van der Waals surface area contributed by atoms with Crippen molar-refractivity contribution in [1.29, 1.82) is 0 Å². The van der Waals surface area contributed by atoms with Gasteiger partial charge in [-0.2, -0.15) is 0 Å². The number of nitrogens with zero attached hydrogens (tertiary/aromatic N) is 3. The number of ether oxygens (including phenoxy) is 1. The molecule has 0 unspecified atom stereocenters. The van der Waals surface area contributed by atoms with Crippen LogP contribution in [0.15, 0.2) is 24.4 Å². The lowest BCUT2D eigenvalue weighted by molar-refractivity contribution is -0.245. The highest BCUT2D eigenvalue weighted by Crippen LogP contribution is 2.33. The number of hydrogen-bond acceptors (Lipinski definition) is 6. The molecular formula is C20H22F3N5O4. The number of carbonyl (C=O) groups excluding carboxylic acids is 1. The summed E-state index contributed by atoms with van der Waals surface area (Å²) in [6, 6.07) is 4.69. The van der Waals surface area contributed by atoms with E-state index in [1.165, 1.54) is 6.07 Å². The van der Waals surface area contributed by atoms with E-state index in [9.17, 15) is 22.8 Å². The molecule has 3 heterocycles. The Labute approximate surface area is 181 Å². The fourth-order valence-corrected chi connectivity index (χ4v) is 3.86. The van der Waals surface area contributed by atoms with Crippen molar-refractivity contribution in [3.8, 4) is 5.75 Å². The minimum atomic E-state index is -4.91. The Kier molecular flexibility index (Phi) is 5.85. The molecule has 32 heavy (non-hydrogen) atoms. The number of carboxylic acid groups (broad SMARTS) is 1. The topological polar surface area (TPSA) is 109 Å². The molecule has 2 aromatic rings. The standard InChI is InChI=1S/C20H22F3N5O4/c21-20(22,23)27-10-14-8-16(2-1-12(14)7-13(18(27)31)9-17(29)30)32-6-3-15-11-28-19(26-15)24-4-5-25-28/h1-2,8,11,13,25H,3-7,9-10H2,(H,24,26)(H,29,30)/t13-/m0/s1. The van der Waals surface area contributed by atoms with Crippen LogP contribution >= 0.6 is 0 Å². The number of nitrogens with one attached hydrogen (secondary N) is 2. The van der Waals surface area contributed by atoms with Gasteiger partial charge in [0, 0.05) is 19.5 Å². The number of imidazole rings is 1. The number of alkyl halides is 3. The fourth-order valence-electron chi connectivity index (χ4n) is 3.86. The predicted molar refractivity (Wildman–Crippen MR) is 107 cm³/mol. The molecule has 0 radical (unpaired) electrons. The smallest absolute Gasteiger partial charge is 0.487 e. The second-order valence-corrected chi connectivity index (χ2v) is 7.68. The van der Waals surface area contributed by atoms with Crippen LogP contribution in [0, 0.1) is 5.92 Å². The SMILES string of the molecule is O=C(O)C[C@@H]1Cc2ccc(OCCc3cn4c(n3)NCCN4)cc2CN(C(F)(F)F)C1=O. The van der Waals surface area contributed by atoms with E-state index < -0.39 is 37.1 Å². The number of halogens is 3. The van der Waals surface area contributed by atoms with Crippen LogP contribution in [-0.4, -0.2) is 57.5 Å². The second-order valence-electron chi connectivity index (χ2n) is 7.68. The number of rotatable bonds is 6. The number of fused-ring (bicyclic) bond motifs is 2. The van der Waals surface area contributed by atoms with Gasteiger partial charge < -0.3 is 20.6 Å². The van der Waals surface area contributed by atoms with Gasteiger partial charge in [0.1, 0.15) is 5.75 Å². The lowest BCUT2D eigenvalue weighted by Gasteiger charge is -2.26. The van der Waals surface area contributed by atoms with Gasteiger partial charge >= 0.3 is 12.3 Å². The molecule has 1 aromatic heterocycles. The molecule has 4 rings (SSSR count). The highest BCUT2D eigenvalue weighted by molar-refractivity contribution is 5.84. The Morgan fingerprint density at radius 3 is 2.81 bits per heavy atom. The van der Waals surface area contributed by atoms with Crippen molar-refractivity contribution in [3.05, 3.63) is 41.2 Å². The van der Waals surface area contributed by atoms with Gasteiger partial charge in [-0.1, -0.05) is 6.07 Å². The molecule has 0 aliphatic carbocycles. The quantitative estimate of drug-likeness (QED) is 0.574. The molecule has 0 bridgehead atoms. The summed E-state index contributed by atoms with van der Waals surface area (Å²) in [7, 11) is 0. The van der Waals surface area contributed by atoms with Crippen molar-refractivity contribution in [1.82, 2.24) is 14.6 Å². The molecule has 1 amide bonds. The zero-order chi connectivity index (χ0) is 22.9. The van der Waals surface area contributed by atoms with E-state index in [1.807, 2.05) is 6.20 Å². The summed E-state index contributed by atoms with van der Waals surface area (Å²) in [5, 5.41) is 12.2.